The molecule has 0 aromatic carbocycles. The Morgan fingerprint density at radius 1 is 1.44 bits per heavy atom. The van der Waals surface area contributed by atoms with Crippen molar-refractivity contribution < 1.29 is 23.1 Å². The SMILES string of the molecule is Cn1c(-c2cn[nH]c2C(F)(F)F)cnc1C(=O)O. The lowest BCUT2D eigenvalue weighted by Gasteiger charge is -2.07. The summed E-state index contributed by atoms with van der Waals surface area (Å²) in [6.45, 7) is 0. The van der Waals surface area contributed by atoms with Gasteiger partial charge < -0.3 is 9.67 Å². The smallest absolute Gasteiger partial charge is 0.433 e. The summed E-state index contributed by atoms with van der Waals surface area (Å²) in [6, 6.07) is 0. The van der Waals surface area contributed by atoms with E-state index in [1.165, 1.54) is 7.05 Å². The number of aromatic amines is 1. The maximum absolute atomic E-state index is 12.6. The van der Waals surface area contributed by atoms with Crippen molar-refractivity contribution in [1.29, 1.82) is 0 Å². The van der Waals surface area contributed by atoms with Crippen LogP contribution >= 0.6 is 0 Å². The number of rotatable bonds is 2. The molecular weight excluding hydrogens is 253 g/mol. The van der Waals surface area contributed by atoms with E-state index in [9.17, 15) is 18.0 Å². The minimum absolute atomic E-state index is 0.0217. The van der Waals surface area contributed by atoms with Crippen LogP contribution < -0.4 is 0 Å². The summed E-state index contributed by atoms with van der Waals surface area (Å²) in [5.74, 6) is -1.67. The lowest BCUT2D eigenvalue weighted by molar-refractivity contribution is -0.140. The Bertz CT molecular complexity index is 599. The molecule has 2 heterocycles. The number of nitrogens with one attached hydrogen (secondary N) is 1. The lowest BCUT2D eigenvalue weighted by Crippen LogP contribution is -2.10. The zero-order valence-electron chi connectivity index (χ0n) is 8.99. The van der Waals surface area contributed by atoms with E-state index in [1.807, 2.05) is 5.10 Å². The topological polar surface area (TPSA) is 83.8 Å². The first kappa shape index (κ1) is 12.1. The predicted molar refractivity (Wildman–Crippen MR) is 52.8 cm³/mol. The van der Waals surface area contributed by atoms with E-state index < -0.39 is 17.8 Å². The van der Waals surface area contributed by atoms with Gasteiger partial charge in [-0.2, -0.15) is 18.3 Å². The summed E-state index contributed by atoms with van der Waals surface area (Å²) in [5, 5.41) is 13.9. The first-order valence-corrected chi connectivity index (χ1v) is 4.68. The molecule has 0 aliphatic heterocycles. The predicted octanol–water partition coefficient (Wildman–Crippen LogP) is 1.53. The fourth-order valence-corrected chi connectivity index (χ4v) is 1.55. The maximum Gasteiger partial charge on any atom is 0.433 e. The number of aromatic nitrogens is 4. The molecule has 9 heteroatoms. The van der Waals surface area contributed by atoms with Gasteiger partial charge in [0.1, 0.15) is 5.69 Å². The molecule has 2 rings (SSSR count). The summed E-state index contributed by atoms with van der Waals surface area (Å²) in [5.41, 5.74) is -1.26. The highest BCUT2D eigenvalue weighted by molar-refractivity contribution is 5.85. The van der Waals surface area contributed by atoms with Gasteiger partial charge in [0.2, 0.25) is 5.82 Å². The molecule has 0 saturated heterocycles. The Hall–Kier alpha value is -2.32. The van der Waals surface area contributed by atoms with Crippen molar-refractivity contribution in [3.8, 4) is 11.3 Å². The van der Waals surface area contributed by atoms with E-state index in [4.69, 9.17) is 5.11 Å². The van der Waals surface area contributed by atoms with Crippen LogP contribution in [0.5, 0.6) is 0 Å². The Balaban J connectivity index is 2.57. The molecule has 0 spiro atoms. The molecule has 0 fully saturated rings. The van der Waals surface area contributed by atoms with Crippen molar-refractivity contribution in [2.45, 2.75) is 6.18 Å². The number of hydrogen-bond acceptors (Lipinski definition) is 3. The molecule has 18 heavy (non-hydrogen) atoms. The lowest BCUT2D eigenvalue weighted by atomic mass is 10.2. The standard InChI is InChI=1S/C9H7F3N4O2/c1-16-5(3-13-7(16)8(17)18)4-2-14-15-6(4)9(10,11)12/h2-3H,1H3,(H,14,15)(H,17,18). The summed E-state index contributed by atoms with van der Waals surface area (Å²) in [7, 11) is 1.32. The second-order valence-electron chi connectivity index (χ2n) is 3.49. The van der Waals surface area contributed by atoms with Crippen molar-refractivity contribution in [2.24, 2.45) is 7.05 Å². The van der Waals surface area contributed by atoms with E-state index in [0.717, 1.165) is 17.0 Å². The van der Waals surface area contributed by atoms with Gasteiger partial charge in [0.05, 0.1) is 23.7 Å². The fraction of sp³-hybridized carbons (Fsp3) is 0.222. The van der Waals surface area contributed by atoms with E-state index in [1.54, 1.807) is 0 Å². The molecule has 0 atom stereocenters. The summed E-state index contributed by atoms with van der Waals surface area (Å²) >= 11 is 0. The number of carbonyl (C=O) groups is 1. The average molecular weight is 260 g/mol. The number of H-pyrrole nitrogens is 1. The largest absolute Gasteiger partial charge is 0.475 e. The third kappa shape index (κ3) is 1.83. The number of aromatic carboxylic acids is 1. The van der Waals surface area contributed by atoms with Crippen molar-refractivity contribution >= 4 is 5.97 Å². The second-order valence-corrected chi connectivity index (χ2v) is 3.49. The third-order valence-corrected chi connectivity index (χ3v) is 2.38. The van der Waals surface area contributed by atoms with Gasteiger partial charge in [-0.3, -0.25) is 5.10 Å². The van der Waals surface area contributed by atoms with Gasteiger partial charge in [-0.1, -0.05) is 0 Å². The highest BCUT2D eigenvalue weighted by Gasteiger charge is 2.36. The normalized spacial score (nSPS) is 11.8. The van der Waals surface area contributed by atoms with Crippen molar-refractivity contribution in [3.05, 3.63) is 23.9 Å². The Morgan fingerprint density at radius 3 is 2.61 bits per heavy atom. The Labute approximate surface area is 98.1 Å². The van der Waals surface area contributed by atoms with Crippen LogP contribution in [-0.4, -0.2) is 30.8 Å². The molecule has 6 nitrogen and oxygen atoms in total. The highest BCUT2D eigenvalue weighted by atomic mass is 19.4. The number of carboxylic acids is 1. The molecule has 2 aromatic heterocycles. The van der Waals surface area contributed by atoms with Crippen molar-refractivity contribution in [2.75, 3.05) is 0 Å². The van der Waals surface area contributed by atoms with Gasteiger partial charge in [-0.25, -0.2) is 9.78 Å². The summed E-state index contributed by atoms with van der Waals surface area (Å²) in [4.78, 5) is 14.3. The number of hydrogen-bond donors (Lipinski definition) is 2. The number of nitrogens with zero attached hydrogens (tertiary/aromatic N) is 3. The van der Waals surface area contributed by atoms with Gasteiger partial charge in [-0.05, 0) is 0 Å². The number of halogens is 3. The summed E-state index contributed by atoms with van der Waals surface area (Å²) in [6.07, 6.45) is -2.56. The van der Waals surface area contributed by atoms with Crippen molar-refractivity contribution in [3.63, 3.8) is 0 Å². The van der Waals surface area contributed by atoms with Crippen LogP contribution in [0.2, 0.25) is 0 Å². The molecule has 0 aliphatic carbocycles. The maximum atomic E-state index is 12.6. The van der Waals surface area contributed by atoms with Crippen molar-refractivity contribution in [1.82, 2.24) is 19.7 Å². The van der Waals surface area contributed by atoms with Gasteiger partial charge in [0.25, 0.3) is 0 Å². The van der Waals surface area contributed by atoms with Crippen LogP contribution in [0.15, 0.2) is 12.4 Å². The molecule has 96 valence electrons. The van der Waals surface area contributed by atoms with Crippen LogP contribution in [0, 0.1) is 0 Å². The van der Waals surface area contributed by atoms with Gasteiger partial charge in [0, 0.05) is 7.05 Å². The van der Waals surface area contributed by atoms with Crippen LogP contribution in [0.4, 0.5) is 13.2 Å². The zero-order valence-corrected chi connectivity index (χ0v) is 8.99. The van der Waals surface area contributed by atoms with E-state index in [0.29, 0.717) is 0 Å². The minimum Gasteiger partial charge on any atom is -0.475 e. The van der Waals surface area contributed by atoms with Gasteiger partial charge in [0.15, 0.2) is 0 Å². The molecule has 0 unspecified atom stereocenters. The molecule has 2 N–H and O–H groups in total. The fourth-order valence-electron chi connectivity index (χ4n) is 1.55. The average Bonchev–Trinajstić information content (AvgIpc) is 2.81. The van der Waals surface area contributed by atoms with E-state index in [2.05, 4.69) is 10.1 Å². The Kier molecular flexibility index (Phi) is 2.60. The zero-order chi connectivity index (χ0) is 13.5. The number of alkyl halides is 3. The minimum atomic E-state index is -4.60. The molecule has 2 aromatic rings. The van der Waals surface area contributed by atoms with Crippen LogP contribution in [0.3, 0.4) is 0 Å². The van der Waals surface area contributed by atoms with Crippen LogP contribution in [0.25, 0.3) is 11.3 Å². The molecule has 0 radical (unpaired) electrons. The summed E-state index contributed by atoms with van der Waals surface area (Å²) < 4.78 is 39.0. The third-order valence-electron chi connectivity index (χ3n) is 2.38. The number of carboxylic acid groups (broad SMARTS) is 1. The monoisotopic (exact) mass is 260 g/mol. The molecule has 0 saturated carbocycles. The Morgan fingerprint density at radius 2 is 2.11 bits per heavy atom. The first-order valence-electron chi connectivity index (χ1n) is 4.68. The highest BCUT2D eigenvalue weighted by Crippen LogP contribution is 2.35. The second kappa shape index (κ2) is 3.86. The molecule has 0 bridgehead atoms. The van der Waals surface area contributed by atoms with E-state index >= 15 is 0 Å². The number of imidazole rings is 1. The molecule has 0 aliphatic rings. The van der Waals surface area contributed by atoms with Crippen LogP contribution in [0.1, 0.15) is 16.3 Å². The quantitative estimate of drug-likeness (QED) is 0.857. The van der Waals surface area contributed by atoms with Gasteiger partial charge >= 0.3 is 12.1 Å². The van der Waals surface area contributed by atoms with Gasteiger partial charge in [-0.15, -0.1) is 0 Å². The van der Waals surface area contributed by atoms with Crippen LogP contribution in [-0.2, 0) is 13.2 Å². The first-order chi connectivity index (χ1) is 8.32. The molecular formula is C9H7F3N4O2. The molecule has 0 amide bonds. The van der Waals surface area contributed by atoms with E-state index in [-0.39, 0.29) is 17.1 Å².